The first-order valence-corrected chi connectivity index (χ1v) is 20.7. The molecule has 0 aliphatic carbocycles. The van der Waals surface area contributed by atoms with Crippen molar-refractivity contribution in [2.45, 2.75) is 73.8 Å². The Hall–Kier alpha value is -3.15. The van der Waals surface area contributed by atoms with Crippen LogP contribution in [0.15, 0.2) is 42.5 Å². The van der Waals surface area contributed by atoms with Crippen LogP contribution in [-0.2, 0) is 23.1 Å². The second-order valence-corrected chi connectivity index (χ2v) is 17.9. The molecule has 50 heavy (non-hydrogen) atoms. The van der Waals surface area contributed by atoms with Crippen LogP contribution in [0.1, 0.15) is 52.8 Å². The zero-order valence-electron chi connectivity index (χ0n) is 28.6. The van der Waals surface area contributed by atoms with E-state index in [0.29, 0.717) is 0 Å². The van der Waals surface area contributed by atoms with Crippen LogP contribution in [0.3, 0.4) is 0 Å². The van der Waals surface area contributed by atoms with Gasteiger partial charge in [-0.25, -0.2) is 0 Å². The number of ether oxygens (including phenoxy) is 1. The van der Waals surface area contributed by atoms with Gasteiger partial charge in [-0.15, -0.1) is 0 Å². The summed E-state index contributed by atoms with van der Waals surface area (Å²) in [5.41, 5.74) is 9.84. The topological polar surface area (TPSA) is 53.1 Å². The smallest absolute Gasteiger partial charge is 0.0146 e. The summed E-state index contributed by atoms with van der Waals surface area (Å²) in [5, 5.41) is 0. The molecule has 6 nitrogen and oxygen atoms in total. The van der Waals surface area contributed by atoms with Crippen molar-refractivity contribution in [3.05, 3.63) is 88.1 Å². The largest absolute Gasteiger partial charge is 0.502 e. The van der Waals surface area contributed by atoms with E-state index in [1.807, 2.05) is 0 Å². The minimum absolute atomic E-state index is 0.0417. The van der Waals surface area contributed by atoms with E-state index >= 15 is 0 Å². The number of hydrogen-bond donors (Lipinski definition) is 0. The van der Waals surface area contributed by atoms with Crippen LogP contribution >= 0.6 is 19.4 Å². The zero-order valence-corrected chi connectivity index (χ0v) is 31.9. The molecule has 1 aliphatic heterocycles. The Labute approximate surface area is 301 Å². The van der Waals surface area contributed by atoms with Crippen LogP contribution < -0.4 is 19.4 Å². The summed E-state index contributed by atoms with van der Waals surface area (Å²) in [4.78, 5) is 26.7. The first kappa shape index (κ1) is 41.3. The fraction of sp³-hybridized carbons (Fsp3) is 0.371. The Kier molecular flexibility index (Phi) is 13.6. The van der Waals surface area contributed by atoms with E-state index in [2.05, 4.69) is 82.3 Å². The minimum atomic E-state index is -5.71. The molecule has 0 aromatic heterocycles. The molecule has 15 heteroatoms. The van der Waals surface area contributed by atoms with Gasteiger partial charge >= 0.3 is 162 Å². The summed E-state index contributed by atoms with van der Waals surface area (Å²) < 4.78 is 82.9. The molecule has 1 heterocycles. The SMILES string of the molecule is CC(C)Oc1ccc(N(C(=O)C(F)(F)F)C(=O)C(F)(F)F)cc1[CH]=[Ru]([Cl])[Cl].Cc1cc(C)c(N2[CH-]N(c3c(C)cc(C)cc3C)CC2)c(C)c1. The molecule has 4 rings (SSSR count). The number of hydrogen-bond acceptors (Lipinski definition) is 5. The molecule has 276 valence electrons. The van der Waals surface area contributed by atoms with Gasteiger partial charge in [-0.2, -0.15) is 6.67 Å². The van der Waals surface area contributed by atoms with Gasteiger partial charge < -0.3 is 9.80 Å². The average molecular weight is 835 g/mol. The first-order valence-electron chi connectivity index (χ1n) is 15.2. The van der Waals surface area contributed by atoms with Gasteiger partial charge in [0.05, 0.1) is 0 Å². The third-order valence-electron chi connectivity index (χ3n) is 7.40. The number of imide groups is 1. The number of rotatable bonds is 6. The molecule has 3 aromatic rings. The van der Waals surface area contributed by atoms with Gasteiger partial charge in [0.1, 0.15) is 0 Å². The summed E-state index contributed by atoms with van der Waals surface area (Å²) in [6.07, 6.45) is -11.8. The van der Waals surface area contributed by atoms with E-state index in [4.69, 9.17) is 24.1 Å². The van der Waals surface area contributed by atoms with Crippen molar-refractivity contribution in [2.75, 3.05) is 27.8 Å². The van der Waals surface area contributed by atoms with Gasteiger partial charge in [-0.05, 0) is 63.8 Å². The number of nitrogens with zero attached hydrogens (tertiary/aromatic N) is 3. The van der Waals surface area contributed by atoms with E-state index in [0.717, 1.165) is 31.3 Å². The van der Waals surface area contributed by atoms with E-state index in [-0.39, 0.29) is 17.4 Å². The number of aryl methyl sites for hydroxylation is 6. The van der Waals surface area contributed by atoms with E-state index in [1.165, 1.54) is 49.4 Å². The number of benzene rings is 3. The van der Waals surface area contributed by atoms with Crippen LogP contribution in [0.5, 0.6) is 5.75 Å². The third kappa shape index (κ3) is 10.5. The van der Waals surface area contributed by atoms with Crippen molar-refractivity contribution >= 4 is 52.9 Å². The number of carbonyl (C=O) groups is 2. The number of halogens is 8. The maximum absolute atomic E-state index is 12.7. The second kappa shape index (κ2) is 16.5. The quantitative estimate of drug-likeness (QED) is 0.141. The zero-order chi connectivity index (χ0) is 37.9. The molecule has 3 aromatic carbocycles. The van der Waals surface area contributed by atoms with Gasteiger partial charge in [-0.3, -0.25) is 0 Å². The monoisotopic (exact) mass is 834 g/mol. The predicted octanol–water partition coefficient (Wildman–Crippen LogP) is 9.52. The fourth-order valence-electron chi connectivity index (χ4n) is 5.87. The van der Waals surface area contributed by atoms with Crippen molar-refractivity contribution in [3.63, 3.8) is 0 Å². The number of alkyl halides is 6. The molecule has 0 atom stereocenters. The Morgan fingerprint density at radius 3 is 1.52 bits per heavy atom. The van der Waals surface area contributed by atoms with Gasteiger partial charge in [-0.1, -0.05) is 35.4 Å². The summed E-state index contributed by atoms with van der Waals surface area (Å²) in [5.74, 6) is -5.91. The molecule has 2 amide bonds. The molecule has 0 N–H and O–H groups in total. The maximum Gasteiger partial charge on any atom is 0.0146 e. The van der Waals surface area contributed by atoms with Crippen LogP contribution in [-0.4, -0.2) is 48.0 Å². The maximum atomic E-state index is 12.7. The van der Waals surface area contributed by atoms with E-state index in [9.17, 15) is 35.9 Å². The van der Waals surface area contributed by atoms with Gasteiger partial charge in [0, 0.05) is 24.5 Å². The second-order valence-electron chi connectivity index (χ2n) is 12.1. The molecule has 0 bridgehead atoms. The molecule has 0 radical (unpaired) electrons. The number of carbonyl (C=O) groups excluding carboxylic acids is 2. The fourth-order valence-corrected chi connectivity index (χ4v) is 7.65. The summed E-state index contributed by atoms with van der Waals surface area (Å²) in [6.45, 7) is 20.8. The van der Waals surface area contributed by atoms with E-state index < -0.39 is 48.3 Å². The minimum Gasteiger partial charge on any atom is -0.502 e. The first-order chi connectivity index (χ1) is 23.0. The van der Waals surface area contributed by atoms with Crippen molar-refractivity contribution in [2.24, 2.45) is 0 Å². The summed E-state index contributed by atoms with van der Waals surface area (Å²) in [7, 11) is 11.4. The summed E-state index contributed by atoms with van der Waals surface area (Å²) in [6, 6.07) is 11.6. The van der Waals surface area contributed by atoms with Crippen LogP contribution in [0.4, 0.5) is 43.4 Å². The Balaban J connectivity index is 0.000000273. The van der Waals surface area contributed by atoms with E-state index in [1.54, 1.807) is 13.8 Å². The molecule has 1 fully saturated rings. The Morgan fingerprint density at radius 1 is 0.780 bits per heavy atom. The van der Waals surface area contributed by atoms with Crippen molar-refractivity contribution < 1.29 is 54.2 Å². The molecular formula is C35H38Cl2F6N3O3Ru-. The van der Waals surface area contributed by atoms with Gasteiger partial charge in [0.15, 0.2) is 0 Å². The molecule has 0 saturated carbocycles. The van der Waals surface area contributed by atoms with Crippen molar-refractivity contribution in [1.29, 1.82) is 0 Å². The van der Waals surface area contributed by atoms with Crippen LogP contribution in [0.25, 0.3) is 0 Å². The average Bonchev–Trinajstić information content (AvgIpc) is 3.41. The standard InChI is InChI=1S/C21H27N2.C14H11F6NO3.2ClH.Ru/c1-14-9-16(3)20(17(4)10-14)22-7-8-23(13-22)21-18(5)11-15(2)12-19(21)6;1-7(2)24-10-5-4-9(6-8(10)3)21(11(22)13(15,16)17)12(23)14(18,19)20;;;/h9-13H,7-8H2,1-6H3;3-7H,1-2H3;2*1H;/q-1;;;;+2/p-2. The predicted molar refractivity (Wildman–Crippen MR) is 184 cm³/mol. The normalized spacial score (nSPS) is 13.6. The summed E-state index contributed by atoms with van der Waals surface area (Å²) >= 11 is -2.57. The van der Waals surface area contributed by atoms with Crippen LogP contribution in [0.2, 0.25) is 0 Å². The Bertz CT molecular complexity index is 1640. The van der Waals surface area contributed by atoms with Crippen molar-refractivity contribution in [3.8, 4) is 5.75 Å². The van der Waals surface area contributed by atoms with Gasteiger partial charge in [0.25, 0.3) is 0 Å². The third-order valence-corrected chi connectivity index (χ3v) is 9.23. The molecule has 0 spiro atoms. The Morgan fingerprint density at radius 2 is 1.18 bits per heavy atom. The molecular weight excluding hydrogens is 796 g/mol. The molecule has 0 unspecified atom stereocenters. The van der Waals surface area contributed by atoms with Crippen molar-refractivity contribution in [1.82, 2.24) is 0 Å². The van der Waals surface area contributed by atoms with Crippen LogP contribution in [0, 0.1) is 48.2 Å². The van der Waals surface area contributed by atoms with Gasteiger partial charge in [0.2, 0.25) is 0 Å². The molecule has 1 aliphatic rings. The number of anilines is 3. The number of amides is 2. The molecule has 1 saturated heterocycles.